The second kappa shape index (κ2) is 3.88. The van der Waals surface area contributed by atoms with Crippen LogP contribution in [0.2, 0.25) is 0 Å². The third kappa shape index (κ3) is 1.68. The molecular formula is C10H10ClNO2. The first-order chi connectivity index (χ1) is 6.81. The van der Waals surface area contributed by atoms with E-state index < -0.39 is 0 Å². The lowest BCUT2D eigenvalue weighted by Gasteiger charge is -1.99. The topological polar surface area (TPSA) is 34.6 Å². The van der Waals surface area contributed by atoms with E-state index >= 15 is 0 Å². The number of rotatable bonds is 3. The molecule has 2 heterocycles. The normalized spacial score (nSPS) is 10.9. The second-order valence-corrected chi connectivity index (χ2v) is 3.46. The second-order valence-electron chi connectivity index (χ2n) is 3.08. The average molecular weight is 212 g/mol. The predicted molar refractivity (Wildman–Crippen MR) is 55.0 cm³/mol. The summed E-state index contributed by atoms with van der Waals surface area (Å²) in [5.74, 6) is 1.26. The minimum atomic E-state index is -0.290. The number of hydrogen-bond donors (Lipinski definition) is 0. The highest BCUT2D eigenvalue weighted by molar-refractivity contribution is 6.17. The summed E-state index contributed by atoms with van der Waals surface area (Å²) in [6.07, 6.45) is 5.17. The van der Waals surface area contributed by atoms with Crippen molar-refractivity contribution in [1.82, 2.24) is 4.40 Å². The maximum absolute atomic E-state index is 11.4. The van der Waals surface area contributed by atoms with Crippen molar-refractivity contribution in [3.05, 3.63) is 40.7 Å². The zero-order valence-corrected chi connectivity index (χ0v) is 8.33. The number of nitrogens with zero attached hydrogens (tertiary/aromatic N) is 1. The Morgan fingerprint density at radius 1 is 1.50 bits per heavy atom. The highest BCUT2D eigenvalue weighted by Crippen LogP contribution is 2.05. The summed E-state index contributed by atoms with van der Waals surface area (Å²) in [4.78, 5) is 11.4. The molecule has 0 spiro atoms. The van der Waals surface area contributed by atoms with Gasteiger partial charge in [-0.3, -0.25) is 0 Å². The Morgan fingerprint density at radius 3 is 3.14 bits per heavy atom. The van der Waals surface area contributed by atoms with Crippen LogP contribution in [0.15, 0.2) is 33.7 Å². The number of aromatic nitrogens is 1. The standard InChI is InChI=1S/C10H10ClNO2/c11-5-1-3-8-7-12-6-2-4-9(12)10(13)14-8/h2,4,6-7H,1,3,5H2. The molecule has 0 bridgehead atoms. The van der Waals surface area contributed by atoms with Crippen LogP contribution >= 0.6 is 11.6 Å². The van der Waals surface area contributed by atoms with Crippen LogP contribution in [0.5, 0.6) is 0 Å². The third-order valence-corrected chi connectivity index (χ3v) is 2.32. The van der Waals surface area contributed by atoms with Gasteiger partial charge in [0.15, 0.2) is 0 Å². The summed E-state index contributed by atoms with van der Waals surface area (Å²) in [7, 11) is 0. The molecule has 0 radical (unpaired) electrons. The van der Waals surface area contributed by atoms with Crippen molar-refractivity contribution in [2.45, 2.75) is 12.8 Å². The number of alkyl halides is 1. The van der Waals surface area contributed by atoms with Gasteiger partial charge in [0, 0.05) is 24.7 Å². The van der Waals surface area contributed by atoms with E-state index in [0.29, 0.717) is 23.6 Å². The van der Waals surface area contributed by atoms with Crippen LogP contribution in [-0.4, -0.2) is 10.3 Å². The van der Waals surface area contributed by atoms with Crippen molar-refractivity contribution in [2.24, 2.45) is 0 Å². The van der Waals surface area contributed by atoms with Gasteiger partial charge in [0.25, 0.3) is 0 Å². The van der Waals surface area contributed by atoms with Gasteiger partial charge in [-0.2, -0.15) is 0 Å². The van der Waals surface area contributed by atoms with Gasteiger partial charge in [0.1, 0.15) is 11.3 Å². The van der Waals surface area contributed by atoms with Gasteiger partial charge in [0.05, 0.1) is 0 Å². The first-order valence-corrected chi connectivity index (χ1v) is 5.00. The lowest BCUT2D eigenvalue weighted by Crippen LogP contribution is -2.05. The Hall–Kier alpha value is -1.22. The van der Waals surface area contributed by atoms with E-state index in [9.17, 15) is 4.79 Å². The largest absolute Gasteiger partial charge is 0.425 e. The lowest BCUT2D eigenvalue weighted by molar-refractivity contribution is 0.455. The summed E-state index contributed by atoms with van der Waals surface area (Å²) in [5.41, 5.74) is 0.279. The van der Waals surface area contributed by atoms with Crippen LogP contribution in [0, 0.1) is 0 Å². The number of aryl methyl sites for hydroxylation is 1. The Bertz CT molecular complexity index is 486. The van der Waals surface area contributed by atoms with Gasteiger partial charge >= 0.3 is 5.63 Å². The predicted octanol–water partition coefficient (Wildman–Crippen LogP) is 2.06. The molecule has 2 aromatic rings. The molecule has 14 heavy (non-hydrogen) atoms. The van der Waals surface area contributed by atoms with Crippen LogP contribution in [0.1, 0.15) is 12.2 Å². The van der Waals surface area contributed by atoms with E-state index in [1.807, 2.05) is 18.5 Å². The number of hydrogen-bond acceptors (Lipinski definition) is 2. The molecule has 0 saturated heterocycles. The number of halogens is 1. The zero-order valence-electron chi connectivity index (χ0n) is 7.57. The van der Waals surface area contributed by atoms with Crippen molar-refractivity contribution >= 4 is 17.1 Å². The molecular weight excluding hydrogens is 202 g/mol. The average Bonchev–Trinajstić information content (AvgIpc) is 2.63. The molecule has 0 amide bonds. The Morgan fingerprint density at radius 2 is 2.36 bits per heavy atom. The molecule has 0 aromatic carbocycles. The molecule has 74 valence electrons. The van der Waals surface area contributed by atoms with Crippen LogP contribution in [0.25, 0.3) is 5.52 Å². The van der Waals surface area contributed by atoms with E-state index in [1.165, 1.54) is 0 Å². The fourth-order valence-electron chi connectivity index (χ4n) is 1.39. The SMILES string of the molecule is O=c1oc(CCCCl)cn2cccc12. The van der Waals surface area contributed by atoms with Gasteiger partial charge in [-0.15, -0.1) is 11.6 Å². The third-order valence-electron chi connectivity index (χ3n) is 2.05. The minimum Gasteiger partial charge on any atom is -0.425 e. The first-order valence-electron chi connectivity index (χ1n) is 4.47. The summed E-state index contributed by atoms with van der Waals surface area (Å²) >= 11 is 5.56. The molecule has 2 aromatic heterocycles. The molecule has 0 fully saturated rings. The van der Waals surface area contributed by atoms with E-state index in [0.717, 1.165) is 6.42 Å². The zero-order chi connectivity index (χ0) is 9.97. The lowest BCUT2D eigenvalue weighted by atomic mass is 10.3. The minimum absolute atomic E-state index is 0.290. The highest BCUT2D eigenvalue weighted by Gasteiger charge is 2.02. The molecule has 0 aliphatic rings. The Balaban J connectivity index is 2.43. The van der Waals surface area contributed by atoms with Gasteiger partial charge in [-0.05, 0) is 18.6 Å². The van der Waals surface area contributed by atoms with Crippen LogP contribution in [0.3, 0.4) is 0 Å². The van der Waals surface area contributed by atoms with Gasteiger partial charge < -0.3 is 8.82 Å². The first kappa shape index (κ1) is 9.34. The van der Waals surface area contributed by atoms with Crippen molar-refractivity contribution in [3.63, 3.8) is 0 Å². The fraction of sp³-hybridized carbons (Fsp3) is 0.300. The maximum atomic E-state index is 11.4. The summed E-state index contributed by atoms with van der Waals surface area (Å²) in [5, 5.41) is 0. The summed E-state index contributed by atoms with van der Waals surface area (Å²) in [6.45, 7) is 0. The smallest absolute Gasteiger partial charge is 0.360 e. The monoisotopic (exact) mass is 211 g/mol. The van der Waals surface area contributed by atoms with E-state index in [2.05, 4.69) is 0 Å². The van der Waals surface area contributed by atoms with Gasteiger partial charge in [0.2, 0.25) is 0 Å². The van der Waals surface area contributed by atoms with E-state index in [-0.39, 0.29) is 5.63 Å². The van der Waals surface area contributed by atoms with E-state index in [4.69, 9.17) is 16.0 Å². The molecule has 0 unspecified atom stereocenters. The molecule has 2 rings (SSSR count). The number of fused-ring (bicyclic) bond motifs is 1. The molecule has 3 nitrogen and oxygen atoms in total. The summed E-state index contributed by atoms with van der Waals surface area (Å²) < 4.78 is 6.89. The van der Waals surface area contributed by atoms with Crippen molar-refractivity contribution in [1.29, 1.82) is 0 Å². The Labute approximate surface area is 85.9 Å². The van der Waals surface area contributed by atoms with Crippen molar-refractivity contribution in [2.75, 3.05) is 5.88 Å². The van der Waals surface area contributed by atoms with Crippen LogP contribution < -0.4 is 5.63 Å². The molecule has 0 N–H and O–H groups in total. The quantitative estimate of drug-likeness (QED) is 0.729. The van der Waals surface area contributed by atoms with Crippen LogP contribution in [-0.2, 0) is 6.42 Å². The highest BCUT2D eigenvalue weighted by atomic mass is 35.5. The van der Waals surface area contributed by atoms with Crippen molar-refractivity contribution < 1.29 is 4.42 Å². The summed E-state index contributed by atoms with van der Waals surface area (Å²) in [6, 6.07) is 3.55. The molecule has 0 aliphatic heterocycles. The maximum Gasteiger partial charge on any atom is 0.360 e. The van der Waals surface area contributed by atoms with Crippen LogP contribution in [0.4, 0.5) is 0 Å². The van der Waals surface area contributed by atoms with Gasteiger partial charge in [-0.25, -0.2) is 4.79 Å². The Kier molecular flexibility index (Phi) is 2.59. The van der Waals surface area contributed by atoms with Gasteiger partial charge in [-0.1, -0.05) is 0 Å². The van der Waals surface area contributed by atoms with Crippen molar-refractivity contribution in [3.8, 4) is 0 Å². The molecule has 0 saturated carbocycles. The molecule has 0 atom stereocenters. The molecule has 0 aliphatic carbocycles. The van der Waals surface area contributed by atoms with E-state index in [1.54, 1.807) is 10.5 Å². The molecule has 4 heteroatoms. The fourth-order valence-corrected chi connectivity index (χ4v) is 1.52.